The van der Waals surface area contributed by atoms with Gasteiger partial charge in [-0.15, -0.1) is 0 Å². The molecule has 18 atom stereocenters. The van der Waals surface area contributed by atoms with E-state index in [-0.39, 0.29) is 12.3 Å². The minimum Gasteiger partial charge on any atom is -0.477 e. The number of nitrogens with one attached hydrogen (secondary N) is 2. The van der Waals surface area contributed by atoms with Crippen LogP contribution in [0.3, 0.4) is 0 Å². The normalized spacial score (nSPS) is 25.3. The minimum absolute atomic E-state index is 0.204. The Kier molecular flexibility index (Phi) is 62.8. The van der Waals surface area contributed by atoms with Crippen LogP contribution in [-0.2, 0) is 42.8 Å². The molecule has 0 aromatic rings. The van der Waals surface area contributed by atoms with Gasteiger partial charge in [-0.05, 0) is 44.9 Å². The fraction of sp³-hybridized carbons (Fsp3) is 0.922. The van der Waals surface area contributed by atoms with Crippen molar-refractivity contribution in [2.75, 3.05) is 26.4 Å². The van der Waals surface area contributed by atoms with Crippen LogP contribution in [0.4, 0.5) is 0 Å². The van der Waals surface area contributed by atoms with Crippen LogP contribution in [0, 0.1) is 0 Å². The van der Waals surface area contributed by atoms with Gasteiger partial charge in [-0.25, -0.2) is 4.79 Å². The topological polar surface area (TPSA) is 373 Å². The van der Waals surface area contributed by atoms with Crippen LogP contribution < -0.4 is 10.6 Å². The lowest BCUT2D eigenvalue weighted by atomic mass is 9.88. The summed E-state index contributed by atoms with van der Waals surface area (Å²) in [4.78, 5) is 38.8. The average Bonchev–Trinajstić information content (AvgIpc) is 0.752. The predicted octanol–water partition coefficient (Wildman–Crippen LogP) is 15.0. The van der Waals surface area contributed by atoms with Crippen molar-refractivity contribution in [1.29, 1.82) is 0 Å². The van der Waals surface area contributed by atoms with Crippen LogP contribution in [0.25, 0.3) is 0 Å². The largest absolute Gasteiger partial charge is 0.477 e. The molecule has 23 nitrogen and oxygen atoms in total. The molecule has 0 aromatic heterocycles. The highest BCUT2D eigenvalue weighted by Crippen LogP contribution is 2.39. The van der Waals surface area contributed by atoms with Gasteiger partial charge in [0, 0.05) is 19.8 Å². The Balaban J connectivity index is 1.44. The van der Waals surface area contributed by atoms with Crippen molar-refractivity contribution >= 4 is 17.8 Å². The van der Waals surface area contributed by atoms with Gasteiger partial charge in [-0.1, -0.05) is 353 Å². The highest BCUT2D eigenvalue weighted by Gasteiger charge is 2.60. The van der Waals surface area contributed by atoms with E-state index in [2.05, 4.69) is 36.6 Å². The van der Waals surface area contributed by atoms with Gasteiger partial charge in [0.05, 0.1) is 50.7 Å². The lowest BCUT2D eigenvalue weighted by molar-refractivity contribution is -0.386. The maximum absolute atomic E-state index is 13.6. The van der Waals surface area contributed by atoms with Crippen LogP contribution in [0.15, 0.2) is 24.3 Å². The summed E-state index contributed by atoms with van der Waals surface area (Å²) in [6, 6.07) is -2.62. The van der Waals surface area contributed by atoms with Gasteiger partial charge in [-0.3, -0.25) is 9.59 Å². The Morgan fingerprint density at radius 2 is 0.832 bits per heavy atom. The molecule has 0 aromatic carbocycles. The Morgan fingerprint density at radius 3 is 1.20 bits per heavy atom. The average molecular weight is 1610 g/mol. The first kappa shape index (κ1) is 104. The highest BCUT2D eigenvalue weighted by atomic mass is 16.8. The van der Waals surface area contributed by atoms with Gasteiger partial charge >= 0.3 is 5.97 Å². The predicted molar refractivity (Wildman–Crippen MR) is 445 cm³/mol. The number of carbonyl (C=O) groups is 3. The monoisotopic (exact) mass is 1610 g/mol. The Hall–Kier alpha value is -2.79. The van der Waals surface area contributed by atoms with Crippen molar-refractivity contribution in [3.05, 3.63) is 24.3 Å². The van der Waals surface area contributed by atoms with Crippen molar-refractivity contribution in [2.24, 2.45) is 0 Å². The first-order valence-corrected chi connectivity index (χ1v) is 46.2. The first-order chi connectivity index (χ1) is 54.9. The molecule has 0 bridgehead atoms. The Labute approximate surface area is 683 Å². The fourth-order valence-corrected chi connectivity index (χ4v) is 16.1. The Bertz CT molecular complexity index is 2330. The maximum atomic E-state index is 13.6. The number of aliphatic hydroxyl groups excluding tert-OH is 11. The second-order valence-corrected chi connectivity index (χ2v) is 33.5. The molecule has 14 N–H and O–H groups in total. The van der Waals surface area contributed by atoms with Crippen LogP contribution in [0.1, 0.15) is 393 Å². The zero-order valence-electron chi connectivity index (χ0n) is 71.0. The molecule has 23 heteroatoms. The highest BCUT2D eigenvalue weighted by molar-refractivity contribution is 5.77. The van der Waals surface area contributed by atoms with E-state index in [4.69, 9.17) is 28.4 Å². The van der Waals surface area contributed by atoms with Crippen molar-refractivity contribution in [3.8, 4) is 0 Å². The van der Waals surface area contributed by atoms with Gasteiger partial charge in [0.15, 0.2) is 12.6 Å². The van der Waals surface area contributed by atoms with Crippen LogP contribution >= 0.6 is 0 Å². The summed E-state index contributed by atoms with van der Waals surface area (Å²) >= 11 is 0. The van der Waals surface area contributed by atoms with Crippen LogP contribution in [0.2, 0.25) is 0 Å². The smallest absolute Gasteiger partial charge is 0.364 e. The third-order valence-corrected chi connectivity index (χ3v) is 23.4. The molecule has 3 aliphatic heterocycles. The van der Waals surface area contributed by atoms with E-state index < -0.39 is 155 Å². The SMILES string of the molecule is CCCCCCCCCCCCCCCC/C=C\CCCCCCCCCCCCCCCCCCCC(=O)NC(COC1OC(CO)C(OC2OC(CO)C(O)C(OC3(C(=O)O)CC(O)C(NC(C)=O)C(C(O)C(O)CO)O3)C2O)C(O)C1O)C(O)/C=C/CCCCCCCCCCCCCCCCCCCCCCCC. The van der Waals surface area contributed by atoms with Gasteiger partial charge in [0.25, 0.3) is 5.79 Å². The number of carboxylic acid groups (broad SMARTS) is 1. The summed E-state index contributed by atoms with van der Waals surface area (Å²) in [5.41, 5.74) is 0. The molecule has 2 amide bonds. The number of unbranched alkanes of at least 4 members (excludes halogenated alkanes) is 53. The number of hydrogen-bond donors (Lipinski definition) is 14. The molecule has 0 radical (unpaired) electrons. The molecule has 3 rings (SSSR count). The molecule has 664 valence electrons. The number of aliphatic carboxylic acids is 1. The third-order valence-electron chi connectivity index (χ3n) is 23.4. The number of aliphatic hydroxyl groups is 11. The second-order valence-electron chi connectivity index (χ2n) is 33.5. The van der Waals surface area contributed by atoms with Crippen LogP contribution in [0.5, 0.6) is 0 Å². The first-order valence-electron chi connectivity index (χ1n) is 46.2. The molecule has 0 aliphatic carbocycles. The fourth-order valence-electron chi connectivity index (χ4n) is 16.1. The molecule has 18 unspecified atom stereocenters. The number of amides is 2. The van der Waals surface area contributed by atoms with Crippen molar-refractivity contribution < 1.29 is 104 Å². The lowest BCUT2D eigenvalue weighted by Crippen LogP contribution is -2.70. The van der Waals surface area contributed by atoms with E-state index in [0.29, 0.717) is 12.8 Å². The molecule has 113 heavy (non-hydrogen) atoms. The number of rotatable bonds is 75. The van der Waals surface area contributed by atoms with Gasteiger partial charge in [-0.2, -0.15) is 0 Å². The van der Waals surface area contributed by atoms with Crippen molar-refractivity contribution in [2.45, 2.75) is 503 Å². The summed E-state index contributed by atoms with van der Waals surface area (Å²) in [5.74, 6) is -6.13. The van der Waals surface area contributed by atoms with Gasteiger partial charge in [0.2, 0.25) is 11.8 Å². The number of carbonyl (C=O) groups excluding carboxylic acids is 2. The summed E-state index contributed by atoms with van der Waals surface area (Å²) in [6.45, 7) is 2.22. The van der Waals surface area contributed by atoms with Crippen molar-refractivity contribution in [1.82, 2.24) is 10.6 Å². The molecular formula is C90H168N2O21. The van der Waals surface area contributed by atoms with E-state index in [0.717, 1.165) is 51.9 Å². The molecule has 0 spiro atoms. The zero-order valence-corrected chi connectivity index (χ0v) is 71.0. The molecule has 0 saturated carbocycles. The minimum atomic E-state index is -3.08. The van der Waals surface area contributed by atoms with E-state index >= 15 is 0 Å². The molecule has 3 saturated heterocycles. The number of ether oxygens (including phenoxy) is 6. The van der Waals surface area contributed by atoms with E-state index in [9.17, 15) is 75.7 Å². The summed E-state index contributed by atoms with van der Waals surface area (Å²) < 4.78 is 35.0. The summed E-state index contributed by atoms with van der Waals surface area (Å²) in [5, 5.41) is 137. The molecule has 3 fully saturated rings. The molecular weight excluding hydrogens is 1440 g/mol. The summed E-state index contributed by atoms with van der Waals surface area (Å²) in [7, 11) is 0. The maximum Gasteiger partial charge on any atom is 0.364 e. The van der Waals surface area contributed by atoms with E-state index in [1.165, 1.54) is 302 Å². The standard InChI is InChI=1S/C90H168N2O21/c1-4-6-8-10-12-14-16-18-20-22-24-26-28-30-31-32-33-34-35-36-37-38-39-40-42-44-46-48-50-52-54-56-58-60-62-64-77(100)92-71(72(97)63-61-59-57-55-53-51-49-47-45-43-41-29-27-25-23-21-19-17-15-13-11-9-7-5-2)69-108-87-82(104)81(103)84(76(68-95)110-87)111-88-83(105)86(80(102)75(67-94)109-88)113-90(89(106)107)65-73(98)78(91-70(3)96)85(112-90)79(101)74(99)66-93/h32-33,61,63,71-76,78-88,93-95,97-99,101-105H,4-31,34-60,62,64-69H2,1-3H3,(H,91,96)(H,92,100)(H,106,107)/b33-32-,63-61+. The second kappa shape index (κ2) is 67.9. The summed E-state index contributed by atoms with van der Waals surface area (Å²) in [6.07, 6.45) is 50.9. The van der Waals surface area contributed by atoms with Crippen molar-refractivity contribution in [3.63, 3.8) is 0 Å². The number of carboxylic acids is 1. The molecule has 3 heterocycles. The zero-order chi connectivity index (χ0) is 82.4. The quantitative estimate of drug-likeness (QED) is 0.0199. The van der Waals surface area contributed by atoms with Gasteiger partial charge in [0.1, 0.15) is 67.1 Å². The third kappa shape index (κ3) is 46.6. The van der Waals surface area contributed by atoms with E-state index in [1.54, 1.807) is 6.08 Å². The number of hydrogen-bond acceptors (Lipinski definition) is 20. The van der Waals surface area contributed by atoms with Gasteiger partial charge < -0.3 is 100 Å². The molecule has 3 aliphatic rings. The lowest BCUT2D eigenvalue weighted by Gasteiger charge is -2.50. The van der Waals surface area contributed by atoms with E-state index in [1.807, 2.05) is 6.08 Å². The van der Waals surface area contributed by atoms with Crippen LogP contribution in [-0.4, -0.2) is 215 Å². The Morgan fingerprint density at radius 1 is 0.460 bits per heavy atom. The number of allylic oxidation sites excluding steroid dienone is 3.